The van der Waals surface area contributed by atoms with E-state index in [-0.39, 0.29) is 0 Å². The van der Waals surface area contributed by atoms with Crippen LogP contribution in [0.3, 0.4) is 0 Å². The zero-order valence-corrected chi connectivity index (χ0v) is 16.3. The van der Waals surface area contributed by atoms with E-state index < -0.39 is 16.1 Å². The van der Waals surface area contributed by atoms with Crippen LogP contribution in [-0.4, -0.2) is 25.6 Å². The molecule has 0 unspecified atom stereocenters. The molecule has 0 saturated heterocycles. The Hall–Kier alpha value is -0.106. The molecule has 19 heavy (non-hydrogen) atoms. The third-order valence-corrected chi connectivity index (χ3v) is 18.3. The molecule has 1 heterocycles. The molecule has 2 rings (SSSR count). The van der Waals surface area contributed by atoms with Crippen LogP contribution in [0.15, 0.2) is 28.6 Å². The Morgan fingerprint density at radius 3 is 2.11 bits per heavy atom. The molecule has 0 saturated carbocycles. The van der Waals surface area contributed by atoms with Gasteiger partial charge in [-0.15, -0.1) is 11.3 Å². The molecule has 0 atom stereocenters. The summed E-state index contributed by atoms with van der Waals surface area (Å²) in [5.74, 6) is 0. The first-order valence-electron chi connectivity index (χ1n) is 6.70. The molecule has 5 heteroatoms. The first-order chi connectivity index (χ1) is 8.68. The lowest BCUT2D eigenvalue weighted by Crippen LogP contribution is -2.51. The van der Waals surface area contributed by atoms with Crippen LogP contribution >= 0.6 is 23.1 Å². The largest absolute Gasteiger partial charge is 0.230 e. The van der Waals surface area contributed by atoms with E-state index in [1.807, 2.05) is 11.3 Å². The summed E-state index contributed by atoms with van der Waals surface area (Å²) >= 11 is 3.91. The SMILES string of the molecule is C[Si](C)(C)C(Sc1nc2ccccc2s1)[Si](C)(C)C. The van der Waals surface area contributed by atoms with E-state index in [1.165, 1.54) is 9.04 Å². The predicted octanol–water partition coefficient (Wildman–Crippen LogP) is 5.51. The highest BCUT2D eigenvalue weighted by molar-refractivity contribution is 8.05. The van der Waals surface area contributed by atoms with Crippen molar-refractivity contribution in [3.63, 3.8) is 0 Å². The van der Waals surface area contributed by atoms with E-state index in [2.05, 4.69) is 75.3 Å². The Bertz CT molecular complexity index is 520. The molecule has 2 aromatic rings. The van der Waals surface area contributed by atoms with Crippen LogP contribution in [0.5, 0.6) is 0 Å². The maximum absolute atomic E-state index is 4.81. The number of thioether (sulfide) groups is 1. The lowest BCUT2D eigenvalue weighted by Gasteiger charge is -2.37. The zero-order chi connectivity index (χ0) is 14.3. The minimum atomic E-state index is -1.16. The van der Waals surface area contributed by atoms with Gasteiger partial charge in [0.2, 0.25) is 0 Å². The highest BCUT2D eigenvalue weighted by Gasteiger charge is 2.38. The lowest BCUT2D eigenvalue weighted by atomic mass is 10.3. The first-order valence-corrected chi connectivity index (χ1v) is 15.6. The van der Waals surface area contributed by atoms with Gasteiger partial charge in [-0.05, 0) is 12.1 Å². The van der Waals surface area contributed by atoms with Crippen LogP contribution < -0.4 is 0 Å². The van der Waals surface area contributed by atoms with Gasteiger partial charge in [0.05, 0.1) is 26.4 Å². The first kappa shape index (κ1) is 15.3. The van der Waals surface area contributed by atoms with Crippen LogP contribution in [0, 0.1) is 0 Å². The minimum absolute atomic E-state index is 0.820. The number of nitrogens with zero attached hydrogens (tertiary/aromatic N) is 1. The van der Waals surface area contributed by atoms with Gasteiger partial charge in [-0.1, -0.05) is 63.2 Å². The second kappa shape index (κ2) is 5.35. The van der Waals surface area contributed by atoms with Crippen molar-refractivity contribution < 1.29 is 0 Å². The van der Waals surface area contributed by atoms with Crippen LogP contribution in [0.1, 0.15) is 0 Å². The van der Waals surface area contributed by atoms with E-state index in [4.69, 9.17) is 4.98 Å². The smallest absolute Gasteiger partial charge is 0.150 e. The van der Waals surface area contributed by atoms with Crippen molar-refractivity contribution in [2.24, 2.45) is 0 Å². The molecule has 0 radical (unpaired) electrons. The molecule has 1 aromatic carbocycles. The molecular formula is C14H23NS2Si2. The molecule has 0 aliphatic carbocycles. The summed E-state index contributed by atoms with van der Waals surface area (Å²) in [5.41, 5.74) is 1.15. The summed E-state index contributed by atoms with van der Waals surface area (Å²) in [5, 5.41) is 0. The summed E-state index contributed by atoms with van der Waals surface area (Å²) in [6.45, 7) is 15.0. The molecule has 0 bridgehead atoms. The number of thiazole rings is 1. The number of benzene rings is 1. The fraction of sp³-hybridized carbons (Fsp3) is 0.500. The van der Waals surface area contributed by atoms with Crippen LogP contribution in [0.4, 0.5) is 0 Å². The summed E-state index contributed by atoms with van der Waals surface area (Å²) in [6, 6.07) is 8.47. The van der Waals surface area contributed by atoms with Crippen molar-refractivity contribution in [3.05, 3.63) is 24.3 Å². The Morgan fingerprint density at radius 2 is 1.58 bits per heavy atom. The quantitative estimate of drug-likeness (QED) is 0.543. The second-order valence-corrected chi connectivity index (χ2v) is 21.6. The van der Waals surface area contributed by atoms with Crippen molar-refractivity contribution in [1.82, 2.24) is 4.98 Å². The van der Waals surface area contributed by atoms with Gasteiger partial charge < -0.3 is 0 Å². The Kier molecular flexibility index (Phi) is 4.30. The van der Waals surface area contributed by atoms with Crippen molar-refractivity contribution in [2.75, 3.05) is 0 Å². The van der Waals surface area contributed by atoms with Gasteiger partial charge in [-0.2, -0.15) is 0 Å². The standard InChI is InChI=1S/C14H23NS2Si2/c1-18(2,3)14(19(4,5)6)17-13-15-11-9-7-8-10-12(11)16-13/h7-10,14H,1-6H3. The zero-order valence-electron chi connectivity index (χ0n) is 12.7. The number of rotatable bonds is 4. The highest BCUT2D eigenvalue weighted by atomic mass is 32.2. The number of fused-ring (bicyclic) bond motifs is 1. The number of aromatic nitrogens is 1. The maximum atomic E-state index is 4.81. The molecule has 0 N–H and O–H groups in total. The number of hydrogen-bond acceptors (Lipinski definition) is 3. The van der Waals surface area contributed by atoms with Gasteiger partial charge in [-0.25, -0.2) is 4.98 Å². The van der Waals surface area contributed by atoms with Crippen LogP contribution in [0.2, 0.25) is 39.3 Å². The summed E-state index contributed by atoms with van der Waals surface area (Å²) in [7, 11) is -2.32. The van der Waals surface area contributed by atoms with Crippen molar-refractivity contribution in [2.45, 2.75) is 48.1 Å². The molecule has 1 aromatic heterocycles. The summed E-state index contributed by atoms with van der Waals surface area (Å²) in [4.78, 5) is 4.81. The van der Waals surface area contributed by atoms with E-state index >= 15 is 0 Å². The molecule has 0 fully saturated rings. The molecule has 0 amide bonds. The highest BCUT2D eigenvalue weighted by Crippen LogP contribution is 2.39. The van der Waals surface area contributed by atoms with Crippen molar-refractivity contribution in [3.8, 4) is 0 Å². The van der Waals surface area contributed by atoms with Gasteiger partial charge >= 0.3 is 0 Å². The fourth-order valence-corrected chi connectivity index (χ4v) is 18.9. The third kappa shape index (κ3) is 3.71. The van der Waals surface area contributed by atoms with Gasteiger partial charge in [-0.3, -0.25) is 0 Å². The molecule has 0 aliphatic rings. The molecule has 104 valence electrons. The number of hydrogen-bond donors (Lipinski definition) is 0. The molecule has 0 aliphatic heterocycles. The minimum Gasteiger partial charge on any atom is -0.230 e. The topological polar surface area (TPSA) is 12.9 Å². The summed E-state index contributed by atoms with van der Waals surface area (Å²) < 4.78 is 3.39. The van der Waals surface area contributed by atoms with Crippen LogP contribution in [0.25, 0.3) is 10.2 Å². The van der Waals surface area contributed by atoms with Crippen LogP contribution in [-0.2, 0) is 0 Å². The predicted molar refractivity (Wildman–Crippen MR) is 96.0 cm³/mol. The van der Waals surface area contributed by atoms with Gasteiger partial charge in [0.25, 0.3) is 0 Å². The molecule has 1 nitrogen and oxygen atoms in total. The normalized spacial score (nSPS) is 13.4. The fourth-order valence-electron chi connectivity index (χ4n) is 2.65. The van der Waals surface area contributed by atoms with Crippen molar-refractivity contribution >= 4 is 49.5 Å². The van der Waals surface area contributed by atoms with E-state index in [0.717, 1.165) is 10.0 Å². The molecular weight excluding hydrogens is 302 g/mol. The van der Waals surface area contributed by atoms with E-state index in [1.54, 1.807) is 0 Å². The van der Waals surface area contributed by atoms with E-state index in [9.17, 15) is 0 Å². The van der Waals surface area contributed by atoms with Gasteiger partial charge in [0.15, 0.2) is 4.34 Å². The van der Waals surface area contributed by atoms with Crippen molar-refractivity contribution in [1.29, 1.82) is 0 Å². The Morgan fingerprint density at radius 1 is 1.00 bits per heavy atom. The molecule has 0 spiro atoms. The summed E-state index contributed by atoms with van der Waals surface area (Å²) in [6.07, 6.45) is 0. The Balaban J connectivity index is 2.31. The number of para-hydroxylation sites is 1. The third-order valence-electron chi connectivity index (χ3n) is 3.07. The average Bonchev–Trinajstić information content (AvgIpc) is 2.65. The Labute approximate surface area is 126 Å². The average molecular weight is 326 g/mol. The second-order valence-electron chi connectivity index (χ2n) is 7.18. The van der Waals surface area contributed by atoms with Gasteiger partial charge in [0, 0.05) is 4.50 Å². The lowest BCUT2D eigenvalue weighted by molar-refractivity contribution is 1.29. The maximum Gasteiger partial charge on any atom is 0.150 e. The monoisotopic (exact) mass is 325 g/mol. The van der Waals surface area contributed by atoms with Gasteiger partial charge in [0.1, 0.15) is 0 Å². The van der Waals surface area contributed by atoms with E-state index in [0.29, 0.717) is 0 Å².